The summed E-state index contributed by atoms with van der Waals surface area (Å²) >= 11 is 7.59. The number of carbonyl (C=O) groups is 1. The maximum Gasteiger partial charge on any atom is 0.240 e. The Morgan fingerprint density at radius 3 is 2.65 bits per heavy atom. The molecule has 3 aromatic rings. The van der Waals surface area contributed by atoms with Crippen LogP contribution in [-0.2, 0) is 4.79 Å². The number of benzene rings is 2. The molecule has 0 radical (unpaired) electrons. The Hall–Kier alpha value is -2.31. The number of hydrogen-bond acceptors (Lipinski definition) is 4. The van der Waals surface area contributed by atoms with Gasteiger partial charge in [-0.25, -0.2) is 0 Å². The van der Waals surface area contributed by atoms with Crippen LogP contribution in [0.2, 0.25) is 5.02 Å². The van der Waals surface area contributed by atoms with Crippen LogP contribution in [0.4, 0.5) is 5.69 Å². The fourth-order valence-electron chi connectivity index (χ4n) is 2.47. The lowest BCUT2D eigenvalue weighted by Gasteiger charge is -2.21. The number of anilines is 1. The number of amides is 1. The first kappa shape index (κ1) is 18.5. The SMILES string of the molecule is Cc1ccc(-n2cnnc2S[C@@H](C)C(=O)N(C)c2ccccc2)cc1Cl. The molecule has 0 aliphatic rings. The number of para-hydroxylation sites is 1. The molecule has 0 saturated heterocycles. The normalized spacial score (nSPS) is 12.0. The van der Waals surface area contributed by atoms with Gasteiger partial charge in [0, 0.05) is 17.8 Å². The molecule has 134 valence electrons. The van der Waals surface area contributed by atoms with Crippen LogP contribution in [0, 0.1) is 6.92 Å². The third-order valence-corrected chi connectivity index (χ3v) is 5.51. The minimum absolute atomic E-state index is 0.00214. The lowest BCUT2D eigenvalue weighted by molar-refractivity contribution is -0.117. The second-order valence-electron chi connectivity index (χ2n) is 5.91. The Kier molecular flexibility index (Phi) is 5.64. The molecule has 2 aromatic carbocycles. The van der Waals surface area contributed by atoms with Gasteiger partial charge in [-0.15, -0.1) is 10.2 Å². The monoisotopic (exact) mass is 386 g/mol. The molecule has 0 aliphatic heterocycles. The van der Waals surface area contributed by atoms with Crippen LogP contribution in [0.1, 0.15) is 12.5 Å². The summed E-state index contributed by atoms with van der Waals surface area (Å²) in [7, 11) is 1.78. The summed E-state index contributed by atoms with van der Waals surface area (Å²) in [5.74, 6) is -0.00214. The smallest absolute Gasteiger partial charge is 0.240 e. The maximum atomic E-state index is 12.7. The molecule has 1 amide bonds. The van der Waals surface area contributed by atoms with Crippen molar-refractivity contribution in [1.29, 1.82) is 0 Å². The van der Waals surface area contributed by atoms with E-state index in [1.807, 2.05) is 66.9 Å². The number of aromatic nitrogens is 3. The molecular formula is C19H19ClN4OS. The number of aryl methyl sites for hydroxylation is 1. The summed E-state index contributed by atoms with van der Waals surface area (Å²) in [6, 6.07) is 15.3. The van der Waals surface area contributed by atoms with Crippen LogP contribution in [0.5, 0.6) is 0 Å². The van der Waals surface area contributed by atoms with Gasteiger partial charge in [-0.3, -0.25) is 9.36 Å². The van der Waals surface area contributed by atoms with Crippen molar-refractivity contribution in [2.45, 2.75) is 24.3 Å². The minimum atomic E-state index is -0.316. The second kappa shape index (κ2) is 7.93. The van der Waals surface area contributed by atoms with Crippen LogP contribution in [0.15, 0.2) is 60.0 Å². The van der Waals surface area contributed by atoms with E-state index in [0.717, 1.165) is 16.9 Å². The molecular weight excluding hydrogens is 368 g/mol. The highest BCUT2D eigenvalue weighted by atomic mass is 35.5. The lowest BCUT2D eigenvalue weighted by atomic mass is 10.2. The number of halogens is 1. The van der Waals surface area contributed by atoms with E-state index in [1.165, 1.54) is 11.8 Å². The van der Waals surface area contributed by atoms with Crippen molar-refractivity contribution in [3.8, 4) is 5.69 Å². The zero-order valence-corrected chi connectivity index (χ0v) is 16.3. The Morgan fingerprint density at radius 2 is 1.96 bits per heavy atom. The average Bonchev–Trinajstić information content (AvgIpc) is 3.11. The standard InChI is InChI=1S/C19H19ClN4OS/c1-13-9-10-16(11-17(13)20)24-12-21-22-19(24)26-14(2)18(25)23(3)15-7-5-4-6-8-15/h4-12,14H,1-3H3/t14-/m0/s1. The van der Waals surface area contributed by atoms with Gasteiger partial charge < -0.3 is 4.90 Å². The Labute approximate surface area is 162 Å². The van der Waals surface area contributed by atoms with E-state index < -0.39 is 0 Å². The van der Waals surface area contributed by atoms with Gasteiger partial charge in [0.2, 0.25) is 5.91 Å². The lowest BCUT2D eigenvalue weighted by Crippen LogP contribution is -2.33. The minimum Gasteiger partial charge on any atom is -0.315 e. The molecule has 1 atom stereocenters. The second-order valence-corrected chi connectivity index (χ2v) is 7.63. The Balaban J connectivity index is 1.78. The van der Waals surface area contributed by atoms with Gasteiger partial charge in [0.15, 0.2) is 5.16 Å². The molecule has 3 rings (SSSR count). The zero-order chi connectivity index (χ0) is 18.7. The number of thioether (sulfide) groups is 1. The van der Waals surface area contributed by atoms with E-state index >= 15 is 0 Å². The first-order chi connectivity index (χ1) is 12.5. The summed E-state index contributed by atoms with van der Waals surface area (Å²) in [4.78, 5) is 14.4. The predicted octanol–water partition coefficient (Wildman–Crippen LogP) is 4.37. The summed E-state index contributed by atoms with van der Waals surface area (Å²) in [6.07, 6.45) is 1.63. The summed E-state index contributed by atoms with van der Waals surface area (Å²) in [5.41, 5.74) is 2.73. The first-order valence-corrected chi connectivity index (χ1v) is 9.39. The highest BCUT2D eigenvalue weighted by Crippen LogP contribution is 2.27. The van der Waals surface area contributed by atoms with E-state index in [4.69, 9.17) is 11.6 Å². The van der Waals surface area contributed by atoms with Crippen LogP contribution >= 0.6 is 23.4 Å². The number of carbonyl (C=O) groups excluding carboxylic acids is 1. The van der Waals surface area contributed by atoms with Gasteiger partial charge in [0.25, 0.3) is 0 Å². The molecule has 7 heteroatoms. The van der Waals surface area contributed by atoms with Crippen molar-refractivity contribution in [3.05, 3.63) is 65.4 Å². The summed E-state index contributed by atoms with van der Waals surface area (Å²) in [6.45, 7) is 3.82. The Morgan fingerprint density at radius 1 is 1.23 bits per heavy atom. The maximum absolute atomic E-state index is 12.7. The molecule has 5 nitrogen and oxygen atoms in total. The topological polar surface area (TPSA) is 51.0 Å². The fourth-order valence-corrected chi connectivity index (χ4v) is 3.58. The third kappa shape index (κ3) is 3.92. The molecule has 0 fully saturated rings. The molecule has 0 N–H and O–H groups in total. The van der Waals surface area contributed by atoms with Gasteiger partial charge >= 0.3 is 0 Å². The van der Waals surface area contributed by atoms with Crippen molar-refractivity contribution in [3.63, 3.8) is 0 Å². The first-order valence-electron chi connectivity index (χ1n) is 8.13. The van der Waals surface area contributed by atoms with E-state index in [9.17, 15) is 4.79 Å². The number of hydrogen-bond donors (Lipinski definition) is 0. The van der Waals surface area contributed by atoms with E-state index in [-0.39, 0.29) is 11.2 Å². The van der Waals surface area contributed by atoms with Crippen molar-refractivity contribution >= 4 is 35.0 Å². The van der Waals surface area contributed by atoms with Gasteiger partial charge in [0.05, 0.1) is 10.9 Å². The van der Waals surface area contributed by atoms with Crippen LogP contribution < -0.4 is 4.90 Å². The molecule has 0 spiro atoms. The largest absolute Gasteiger partial charge is 0.315 e. The van der Waals surface area contributed by atoms with Crippen molar-refractivity contribution in [2.24, 2.45) is 0 Å². The molecule has 0 unspecified atom stereocenters. The van der Waals surface area contributed by atoms with Crippen molar-refractivity contribution in [2.75, 3.05) is 11.9 Å². The van der Waals surface area contributed by atoms with Crippen LogP contribution in [0.25, 0.3) is 5.69 Å². The highest BCUT2D eigenvalue weighted by Gasteiger charge is 2.22. The van der Waals surface area contributed by atoms with Gasteiger partial charge in [-0.05, 0) is 43.7 Å². The number of rotatable bonds is 5. The molecule has 1 heterocycles. The highest BCUT2D eigenvalue weighted by molar-refractivity contribution is 8.00. The summed E-state index contributed by atoms with van der Waals surface area (Å²) < 4.78 is 1.84. The molecule has 1 aromatic heterocycles. The molecule has 0 aliphatic carbocycles. The summed E-state index contributed by atoms with van der Waals surface area (Å²) in [5, 5.41) is 9.16. The van der Waals surface area contributed by atoms with E-state index in [1.54, 1.807) is 18.3 Å². The molecule has 0 bridgehead atoms. The predicted molar refractivity (Wildman–Crippen MR) is 106 cm³/mol. The van der Waals surface area contributed by atoms with Gasteiger partial charge in [0.1, 0.15) is 6.33 Å². The van der Waals surface area contributed by atoms with E-state index in [0.29, 0.717) is 10.2 Å². The van der Waals surface area contributed by atoms with Gasteiger partial charge in [-0.1, -0.05) is 47.6 Å². The Bertz CT molecular complexity index is 913. The van der Waals surface area contributed by atoms with Crippen molar-refractivity contribution < 1.29 is 4.79 Å². The number of nitrogens with zero attached hydrogens (tertiary/aromatic N) is 4. The quantitative estimate of drug-likeness (QED) is 0.611. The fraction of sp³-hybridized carbons (Fsp3) is 0.211. The average molecular weight is 387 g/mol. The zero-order valence-electron chi connectivity index (χ0n) is 14.8. The molecule has 26 heavy (non-hydrogen) atoms. The van der Waals surface area contributed by atoms with Crippen LogP contribution in [-0.4, -0.2) is 33.0 Å². The van der Waals surface area contributed by atoms with Gasteiger partial charge in [-0.2, -0.15) is 0 Å². The van der Waals surface area contributed by atoms with E-state index in [2.05, 4.69) is 10.2 Å². The van der Waals surface area contributed by atoms with Crippen molar-refractivity contribution in [1.82, 2.24) is 14.8 Å². The molecule has 0 saturated carbocycles. The van der Waals surface area contributed by atoms with Crippen LogP contribution in [0.3, 0.4) is 0 Å². The third-order valence-electron chi connectivity index (χ3n) is 4.05.